The van der Waals surface area contributed by atoms with Gasteiger partial charge in [-0.15, -0.1) is 0 Å². The van der Waals surface area contributed by atoms with E-state index in [2.05, 4.69) is 10.3 Å². The Bertz CT molecular complexity index is 1350. The van der Waals surface area contributed by atoms with Crippen LogP contribution < -0.4 is 10.9 Å². The van der Waals surface area contributed by atoms with E-state index in [4.69, 9.17) is 16.3 Å². The second-order valence-electron chi connectivity index (χ2n) is 8.94. The number of amides is 1. The van der Waals surface area contributed by atoms with Gasteiger partial charge in [-0.1, -0.05) is 17.7 Å². The van der Waals surface area contributed by atoms with E-state index in [1.165, 1.54) is 39.7 Å². The van der Waals surface area contributed by atoms with Crippen LogP contribution in [0.5, 0.6) is 0 Å². The lowest BCUT2D eigenvalue weighted by atomic mass is 9.99. The van der Waals surface area contributed by atoms with Crippen molar-refractivity contribution in [3.05, 3.63) is 80.7 Å². The quantitative estimate of drug-likeness (QED) is 0.473. The van der Waals surface area contributed by atoms with Crippen molar-refractivity contribution in [3.63, 3.8) is 0 Å². The number of carbonyl (C=O) groups excluding carboxylic acids is 1. The van der Waals surface area contributed by atoms with E-state index < -0.39 is 41.5 Å². The molecule has 0 saturated carbocycles. The number of hydrogen-bond acceptors (Lipinski definition) is 5. The lowest BCUT2D eigenvalue weighted by Crippen LogP contribution is -2.43. The molecule has 3 aromatic rings. The van der Waals surface area contributed by atoms with Crippen molar-refractivity contribution in [1.29, 1.82) is 0 Å². The van der Waals surface area contributed by atoms with E-state index in [1.807, 2.05) is 0 Å². The molecule has 1 saturated heterocycles. The van der Waals surface area contributed by atoms with E-state index in [0.29, 0.717) is 18.5 Å². The number of aliphatic hydroxyl groups excluding tert-OH is 1. The molecule has 2 N–H and O–H groups in total. The summed E-state index contributed by atoms with van der Waals surface area (Å²) in [6.07, 6.45) is -2.02. The first kappa shape index (κ1) is 26.9. The van der Waals surface area contributed by atoms with Crippen LogP contribution in [0, 0.1) is 6.92 Å². The number of nitrogens with one attached hydrogen (secondary N) is 1. The molecular formula is C25H26ClF3N4O4. The molecule has 1 aliphatic rings. The smallest absolute Gasteiger partial charge is 0.395 e. The van der Waals surface area contributed by atoms with Gasteiger partial charge in [-0.3, -0.25) is 14.2 Å². The number of rotatable bonds is 7. The zero-order chi connectivity index (χ0) is 26.9. The molecule has 4 rings (SSSR count). The molecule has 0 spiro atoms. The Morgan fingerprint density at radius 3 is 2.70 bits per heavy atom. The molecule has 0 radical (unpaired) electrons. The Kier molecular flexibility index (Phi) is 7.77. The highest BCUT2D eigenvalue weighted by Crippen LogP contribution is 2.42. The maximum atomic E-state index is 13.5. The molecule has 8 nitrogen and oxygen atoms in total. The first-order valence-electron chi connectivity index (χ1n) is 11.7. The highest BCUT2D eigenvalue weighted by Gasteiger charge is 2.39. The van der Waals surface area contributed by atoms with Crippen molar-refractivity contribution in [1.82, 2.24) is 19.4 Å². The molecule has 1 aromatic carbocycles. The zero-order valence-corrected chi connectivity index (χ0v) is 20.9. The van der Waals surface area contributed by atoms with E-state index in [1.54, 1.807) is 20.0 Å². The number of hydrogen-bond donors (Lipinski definition) is 2. The summed E-state index contributed by atoms with van der Waals surface area (Å²) in [6.45, 7) is 3.00. The summed E-state index contributed by atoms with van der Waals surface area (Å²) in [7, 11) is 0. The van der Waals surface area contributed by atoms with E-state index in [0.717, 1.165) is 6.07 Å². The van der Waals surface area contributed by atoms with Crippen molar-refractivity contribution in [3.8, 4) is 5.69 Å². The number of benzene rings is 1. The van der Waals surface area contributed by atoms with Crippen LogP contribution in [0.4, 0.5) is 13.2 Å². The van der Waals surface area contributed by atoms with E-state index in [9.17, 15) is 27.9 Å². The number of ether oxygens (including phenoxy) is 1. The van der Waals surface area contributed by atoms with Gasteiger partial charge in [0.1, 0.15) is 11.4 Å². The first-order valence-corrected chi connectivity index (χ1v) is 12.1. The number of aromatic nitrogens is 3. The molecule has 12 heteroatoms. The number of aryl methyl sites for hydroxylation is 1. The molecule has 1 fully saturated rings. The molecule has 0 aliphatic carbocycles. The molecule has 0 bridgehead atoms. The molecule has 1 aliphatic heterocycles. The third-order valence-electron chi connectivity index (χ3n) is 6.34. The predicted molar refractivity (Wildman–Crippen MR) is 130 cm³/mol. The Balaban J connectivity index is 1.51. The highest BCUT2D eigenvalue weighted by molar-refractivity contribution is 6.30. The standard InChI is InChI=1S/C25H26ClF3N4O4/c1-14-12-32(13-30-14)20-6-5-19(33(9-10-34)24(20)36)23(35)31-15(2)21-7-8-22(37-21)17-4-3-16(26)11-18(17)25(27,28)29/h3-6,11-13,15,21-22,34H,7-10H2,1-2H3,(H,31,35)/t15-,21-,22+/m0/s1. The van der Waals surface area contributed by atoms with Gasteiger partial charge < -0.3 is 19.7 Å². The topological polar surface area (TPSA) is 98.4 Å². The summed E-state index contributed by atoms with van der Waals surface area (Å²) in [5, 5.41) is 12.3. The summed E-state index contributed by atoms with van der Waals surface area (Å²) in [6, 6.07) is 6.01. The fourth-order valence-corrected chi connectivity index (χ4v) is 4.70. The van der Waals surface area contributed by atoms with Crippen molar-refractivity contribution in [2.75, 3.05) is 6.61 Å². The number of aliphatic hydroxyl groups is 1. The van der Waals surface area contributed by atoms with Gasteiger partial charge in [-0.2, -0.15) is 13.2 Å². The number of pyridine rings is 1. The zero-order valence-electron chi connectivity index (χ0n) is 20.1. The Morgan fingerprint density at radius 2 is 2.05 bits per heavy atom. The predicted octanol–water partition coefficient (Wildman–Crippen LogP) is 4.05. The molecule has 3 atom stereocenters. The average Bonchev–Trinajstić information content (AvgIpc) is 3.49. The number of nitrogens with zero attached hydrogens (tertiary/aromatic N) is 3. The van der Waals surface area contributed by atoms with Gasteiger partial charge in [0.25, 0.3) is 11.5 Å². The summed E-state index contributed by atoms with van der Waals surface area (Å²) < 4.78 is 49.3. The number of halogens is 4. The maximum absolute atomic E-state index is 13.5. The highest BCUT2D eigenvalue weighted by atomic mass is 35.5. The van der Waals surface area contributed by atoms with Gasteiger partial charge in [0.2, 0.25) is 0 Å². The molecule has 2 aromatic heterocycles. The average molecular weight is 539 g/mol. The van der Waals surface area contributed by atoms with Crippen molar-refractivity contribution in [2.24, 2.45) is 0 Å². The summed E-state index contributed by atoms with van der Waals surface area (Å²) in [5.74, 6) is -0.569. The van der Waals surface area contributed by atoms with Crippen LogP contribution in [-0.2, 0) is 17.5 Å². The van der Waals surface area contributed by atoms with Gasteiger partial charge in [-0.25, -0.2) is 4.98 Å². The number of carbonyl (C=O) groups is 1. The van der Waals surface area contributed by atoms with Crippen molar-refractivity contribution < 1.29 is 27.8 Å². The minimum atomic E-state index is -4.58. The number of alkyl halides is 3. The van der Waals surface area contributed by atoms with Crippen molar-refractivity contribution in [2.45, 2.75) is 57.7 Å². The van der Waals surface area contributed by atoms with Crippen LogP contribution in [0.2, 0.25) is 5.02 Å². The molecule has 0 unspecified atom stereocenters. The Labute approximate surface area is 215 Å². The Morgan fingerprint density at radius 1 is 1.30 bits per heavy atom. The van der Waals surface area contributed by atoms with Crippen molar-refractivity contribution >= 4 is 17.5 Å². The fourth-order valence-electron chi connectivity index (χ4n) is 4.52. The van der Waals surface area contributed by atoms with Crippen LogP contribution in [0.3, 0.4) is 0 Å². The van der Waals surface area contributed by atoms with Gasteiger partial charge >= 0.3 is 6.18 Å². The van der Waals surface area contributed by atoms with Gasteiger partial charge in [0.05, 0.1) is 42.4 Å². The van der Waals surface area contributed by atoms with Crippen LogP contribution in [0.15, 0.2) is 47.7 Å². The van der Waals surface area contributed by atoms with Gasteiger partial charge in [0.15, 0.2) is 0 Å². The molecular weight excluding hydrogens is 513 g/mol. The molecule has 1 amide bonds. The van der Waals surface area contributed by atoms with E-state index >= 15 is 0 Å². The Hall–Kier alpha value is -3.15. The second kappa shape index (κ2) is 10.7. The monoisotopic (exact) mass is 538 g/mol. The minimum absolute atomic E-state index is 0.0000353. The minimum Gasteiger partial charge on any atom is -0.395 e. The second-order valence-corrected chi connectivity index (χ2v) is 9.37. The number of imidazole rings is 1. The normalized spacial score (nSPS) is 18.7. The largest absolute Gasteiger partial charge is 0.416 e. The third kappa shape index (κ3) is 5.73. The first-order chi connectivity index (χ1) is 17.5. The molecule has 3 heterocycles. The SMILES string of the molecule is Cc1cn(-c2ccc(C(=O)N[C@@H](C)[C@@H]3CC[C@H](c4ccc(Cl)cc4C(F)(F)F)O3)n(CCO)c2=O)cn1. The van der Waals surface area contributed by atoms with E-state index in [-0.39, 0.29) is 35.1 Å². The summed E-state index contributed by atoms with van der Waals surface area (Å²) >= 11 is 5.78. The lowest BCUT2D eigenvalue weighted by molar-refractivity contribution is -0.139. The van der Waals surface area contributed by atoms with Gasteiger partial charge in [-0.05, 0) is 56.5 Å². The summed E-state index contributed by atoms with van der Waals surface area (Å²) in [5.41, 5.74) is -0.309. The van der Waals surface area contributed by atoms with Crippen LogP contribution >= 0.6 is 11.6 Å². The summed E-state index contributed by atoms with van der Waals surface area (Å²) in [4.78, 5) is 30.3. The molecule has 198 valence electrons. The van der Waals surface area contributed by atoms with Gasteiger partial charge in [0, 0.05) is 17.8 Å². The maximum Gasteiger partial charge on any atom is 0.416 e. The van der Waals surface area contributed by atoms with Crippen LogP contribution in [0.1, 0.15) is 53.2 Å². The third-order valence-corrected chi connectivity index (χ3v) is 6.57. The lowest BCUT2D eigenvalue weighted by Gasteiger charge is -2.24. The fraction of sp³-hybridized carbons (Fsp3) is 0.400. The molecule has 37 heavy (non-hydrogen) atoms. The van der Waals surface area contributed by atoms with Crippen LogP contribution in [0.25, 0.3) is 5.69 Å². The van der Waals surface area contributed by atoms with Crippen LogP contribution in [-0.4, -0.2) is 43.9 Å².